The lowest BCUT2D eigenvalue weighted by Crippen LogP contribution is -2.24. The Morgan fingerprint density at radius 2 is 1.81 bits per heavy atom. The SMILES string of the molecule is O=C(COc1ccccc1[N+](=O)[O-])NN=Cc1cccc(OC(=O)c2ccc(Cl)cc2)c1. The topological polar surface area (TPSA) is 120 Å². The number of carbonyl (C=O) groups excluding carboxylic acids is 2. The summed E-state index contributed by atoms with van der Waals surface area (Å²) in [4.78, 5) is 34.4. The fourth-order valence-corrected chi connectivity index (χ4v) is 2.62. The maximum Gasteiger partial charge on any atom is 0.343 e. The van der Waals surface area contributed by atoms with E-state index in [1.165, 1.54) is 24.4 Å². The Hall–Kier alpha value is -4.24. The van der Waals surface area contributed by atoms with Crippen LogP contribution in [0.2, 0.25) is 5.02 Å². The number of hydrogen-bond acceptors (Lipinski definition) is 7. The van der Waals surface area contributed by atoms with Crippen molar-refractivity contribution in [2.75, 3.05) is 6.61 Å². The Balaban J connectivity index is 1.53. The summed E-state index contributed by atoms with van der Waals surface area (Å²) in [7, 11) is 0. The fraction of sp³-hybridized carbons (Fsp3) is 0.0455. The summed E-state index contributed by atoms with van der Waals surface area (Å²) in [5.74, 6) is -0.882. The van der Waals surface area contributed by atoms with E-state index in [2.05, 4.69) is 10.5 Å². The van der Waals surface area contributed by atoms with Crippen LogP contribution in [0.3, 0.4) is 0 Å². The van der Waals surface area contributed by atoms with Crippen molar-refractivity contribution in [2.45, 2.75) is 0 Å². The second-order valence-electron chi connectivity index (χ2n) is 6.28. The van der Waals surface area contributed by atoms with E-state index >= 15 is 0 Å². The first-order valence-electron chi connectivity index (χ1n) is 9.18. The number of rotatable bonds is 8. The molecule has 0 saturated carbocycles. The van der Waals surface area contributed by atoms with Gasteiger partial charge in [-0.1, -0.05) is 35.9 Å². The number of hydrazone groups is 1. The molecule has 1 N–H and O–H groups in total. The largest absolute Gasteiger partial charge is 0.477 e. The molecule has 162 valence electrons. The molecule has 10 heteroatoms. The predicted molar refractivity (Wildman–Crippen MR) is 117 cm³/mol. The van der Waals surface area contributed by atoms with Gasteiger partial charge in [0.15, 0.2) is 12.4 Å². The first kappa shape index (κ1) is 22.4. The van der Waals surface area contributed by atoms with Crippen molar-refractivity contribution in [3.8, 4) is 11.5 Å². The number of halogens is 1. The zero-order valence-electron chi connectivity index (χ0n) is 16.4. The molecule has 0 spiro atoms. The van der Waals surface area contributed by atoms with Crippen molar-refractivity contribution in [1.82, 2.24) is 5.43 Å². The van der Waals surface area contributed by atoms with Gasteiger partial charge in [0.05, 0.1) is 16.7 Å². The van der Waals surface area contributed by atoms with Gasteiger partial charge in [-0.25, -0.2) is 10.2 Å². The summed E-state index contributed by atoms with van der Waals surface area (Å²) in [6.07, 6.45) is 1.35. The Bertz CT molecular complexity index is 1160. The van der Waals surface area contributed by atoms with Crippen molar-refractivity contribution in [2.24, 2.45) is 5.10 Å². The Morgan fingerprint density at radius 3 is 2.56 bits per heavy atom. The fourth-order valence-electron chi connectivity index (χ4n) is 2.49. The van der Waals surface area contributed by atoms with E-state index in [1.807, 2.05) is 0 Å². The van der Waals surface area contributed by atoms with E-state index < -0.39 is 23.4 Å². The van der Waals surface area contributed by atoms with E-state index in [1.54, 1.807) is 54.6 Å². The van der Waals surface area contributed by atoms with E-state index in [-0.39, 0.29) is 11.4 Å². The minimum atomic E-state index is -0.607. The average Bonchev–Trinajstić information content (AvgIpc) is 2.78. The van der Waals surface area contributed by atoms with E-state index in [0.717, 1.165) is 0 Å². The molecule has 0 bridgehead atoms. The van der Waals surface area contributed by atoms with Gasteiger partial charge in [-0.15, -0.1) is 0 Å². The van der Waals surface area contributed by atoms with Crippen LogP contribution in [-0.4, -0.2) is 29.6 Å². The highest BCUT2D eigenvalue weighted by atomic mass is 35.5. The summed E-state index contributed by atoms with van der Waals surface area (Å²) in [6.45, 7) is -0.457. The minimum absolute atomic E-state index is 0.0214. The number of nitrogens with zero attached hydrogens (tertiary/aromatic N) is 2. The lowest BCUT2D eigenvalue weighted by atomic mass is 10.2. The first-order chi connectivity index (χ1) is 15.4. The molecule has 3 aromatic rings. The van der Waals surface area contributed by atoms with Crippen molar-refractivity contribution in [1.29, 1.82) is 0 Å². The van der Waals surface area contributed by atoms with Crippen LogP contribution in [0.4, 0.5) is 5.69 Å². The van der Waals surface area contributed by atoms with Gasteiger partial charge in [0, 0.05) is 11.1 Å². The number of nitrogens with one attached hydrogen (secondary N) is 1. The average molecular weight is 454 g/mol. The van der Waals surface area contributed by atoms with Crippen LogP contribution in [0, 0.1) is 10.1 Å². The van der Waals surface area contributed by atoms with Crippen LogP contribution >= 0.6 is 11.6 Å². The van der Waals surface area contributed by atoms with Crippen LogP contribution < -0.4 is 14.9 Å². The first-order valence-corrected chi connectivity index (χ1v) is 9.56. The van der Waals surface area contributed by atoms with Crippen molar-refractivity contribution in [3.05, 3.63) is 99.1 Å². The van der Waals surface area contributed by atoms with E-state index in [4.69, 9.17) is 21.1 Å². The molecule has 3 aromatic carbocycles. The molecule has 0 heterocycles. The zero-order valence-corrected chi connectivity index (χ0v) is 17.2. The molecule has 3 rings (SSSR count). The molecule has 0 aliphatic carbocycles. The number of benzene rings is 3. The molecule has 0 aliphatic rings. The van der Waals surface area contributed by atoms with Crippen LogP contribution in [0.25, 0.3) is 0 Å². The smallest absolute Gasteiger partial charge is 0.343 e. The third-order valence-electron chi connectivity index (χ3n) is 3.97. The van der Waals surface area contributed by atoms with Gasteiger partial charge in [-0.3, -0.25) is 14.9 Å². The lowest BCUT2D eigenvalue weighted by Gasteiger charge is -2.06. The molecular weight excluding hydrogens is 438 g/mol. The van der Waals surface area contributed by atoms with E-state index in [9.17, 15) is 19.7 Å². The monoisotopic (exact) mass is 453 g/mol. The highest BCUT2D eigenvalue weighted by molar-refractivity contribution is 6.30. The number of nitro groups is 1. The molecule has 32 heavy (non-hydrogen) atoms. The van der Waals surface area contributed by atoms with Gasteiger partial charge in [-0.05, 0) is 48.0 Å². The van der Waals surface area contributed by atoms with Gasteiger partial charge >= 0.3 is 11.7 Å². The number of ether oxygens (including phenoxy) is 2. The molecular formula is C22H16ClN3O6. The third-order valence-corrected chi connectivity index (χ3v) is 4.22. The van der Waals surface area contributed by atoms with Crippen molar-refractivity contribution < 1.29 is 24.0 Å². The maximum absolute atomic E-state index is 12.2. The summed E-state index contributed by atoms with van der Waals surface area (Å²) >= 11 is 5.81. The normalized spacial score (nSPS) is 10.5. The lowest BCUT2D eigenvalue weighted by molar-refractivity contribution is -0.385. The van der Waals surface area contributed by atoms with Gasteiger partial charge in [0.2, 0.25) is 0 Å². The minimum Gasteiger partial charge on any atom is -0.477 e. The Kier molecular flexibility index (Phi) is 7.50. The molecule has 0 atom stereocenters. The van der Waals surface area contributed by atoms with Crippen LogP contribution in [0.15, 0.2) is 77.9 Å². The number of carbonyl (C=O) groups is 2. The van der Waals surface area contributed by atoms with E-state index in [0.29, 0.717) is 21.9 Å². The Morgan fingerprint density at radius 1 is 1.06 bits per heavy atom. The second-order valence-corrected chi connectivity index (χ2v) is 6.71. The highest BCUT2D eigenvalue weighted by Gasteiger charge is 2.14. The number of amides is 1. The Labute approximate surface area is 187 Å². The molecule has 1 amide bonds. The molecule has 0 saturated heterocycles. The van der Waals surface area contributed by atoms with Crippen molar-refractivity contribution >= 4 is 35.4 Å². The quantitative estimate of drug-likeness (QED) is 0.181. The summed E-state index contributed by atoms with van der Waals surface area (Å²) in [6, 6.07) is 18.5. The highest BCUT2D eigenvalue weighted by Crippen LogP contribution is 2.25. The van der Waals surface area contributed by atoms with Crippen molar-refractivity contribution in [3.63, 3.8) is 0 Å². The molecule has 0 aliphatic heterocycles. The summed E-state index contributed by atoms with van der Waals surface area (Å²) < 4.78 is 10.5. The molecule has 0 aromatic heterocycles. The van der Waals surface area contributed by atoms with Gasteiger partial charge < -0.3 is 9.47 Å². The van der Waals surface area contributed by atoms with Gasteiger partial charge in [0.1, 0.15) is 5.75 Å². The zero-order chi connectivity index (χ0) is 22.9. The molecule has 0 fully saturated rings. The standard InChI is InChI=1S/C22H16ClN3O6/c23-17-10-8-16(9-11-17)22(28)32-18-5-3-4-15(12-18)13-24-25-21(27)14-31-20-7-2-1-6-19(20)26(29)30/h1-13H,14H2,(H,25,27). The van der Waals surface area contributed by atoms with Crippen LogP contribution in [0.5, 0.6) is 11.5 Å². The number of para-hydroxylation sites is 2. The second kappa shape index (κ2) is 10.7. The third kappa shape index (κ3) is 6.38. The van der Waals surface area contributed by atoms with Gasteiger partial charge in [-0.2, -0.15) is 5.10 Å². The number of hydrogen-bond donors (Lipinski definition) is 1. The van der Waals surface area contributed by atoms with Crippen LogP contribution in [0.1, 0.15) is 15.9 Å². The molecule has 0 unspecified atom stereocenters. The van der Waals surface area contributed by atoms with Gasteiger partial charge in [0.25, 0.3) is 5.91 Å². The molecule has 0 radical (unpaired) electrons. The summed E-state index contributed by atoms with van der Waals surface area (Å²) in [5, 5.41) is 15.3. The van der Waals surface area contributed by atoms with Crippen LogP contribution in [-0.2, 0) is 4.79 Å². The molecule has 9 nitrogen and oxygen atoms in total. The summed E-state index contributed by atoms with van der Waals surface area (Å²) in [5.41, 5.74) is 2.92. The number of esters is 1. The predicted octanol–water partition coefficient (Wildman–Crippen LogP) is 4.00. The maximum atomic E-state index is 12.2. The number of nitro benzene ring substituents is 1.